The number of urea groups is 1. The number of carboxylic acids is 1. The van der Waals surface area contributed by atoms with Gasteiger partial charge in [-0.2, -0.15) is 0 Å². The van der Waals surface area contributed by atoms with Crippen LogP contribution in [0.15, 0.2) is 12.2 Å². The van der Waals surface area contributed by atoms with E-state index in [9.17, 15) is 14.4 Å². The lowest BCUT2D eigenvalue weighted by Crippen LogP contribution is -2.42. The van der Waals surface area contributed by atoms with E-state index < -0.39 is 17.9 Å². The molecule has 7 nitrogen and oxygen atoms in total. The SMILES string of the molecule is CN(CCNC(=O)NC(=O)C=CC(=O)O)C1CC1. The maximum Gasteiger partial charge on any atom is 0.328 e. The number of carbonyl (C=O) groups excluding carboxylic acids is 2. The highest BCUT2D eigenvalue weighted by atomic mass is 16.4. The highest BCUT2D eigenvalue weighted by Crippen LogP contribution is 2.24. The van der Waals surface area contributed by atoms with Gasteiger partial charge in [-0.3, -0.25) is 10.1 Å². The highest BCUT2D eigenvalue weighted by Gasteiger charge is 2.25. The Hall–Kier alpha value is -1.89. The number of carbonyl (C=O) groups is 3. The van der Waals surface area contributed by atoms with E-state index >= 15 is 0 Å². The summed E-state index contributed by atoms with van der Waals surface area (Å²) in [5, 5.41) is 12.8. The van der Waals surface area contributed by atoms with Gasteiger partial charge in [-0.1, -0.05) is 0 Å². The summed E-state index contributed by atoms with van der Waals surface area (Å²) in [6.45, 7) is 1.16. The summed E-state index contributed by atoms with van der Waals surface area (Å²) in [7, 11) is 1.98. The Bertz CT molecular complexity index is 363. The van der Waals surface area contributed by atoms with Crippen molar-refractivity contribution in [2.24, 2.45) is 0 Å². The van der Waals surface area contributed by atoms with Crippen LogP contribution in [0, 0.1) is 0 Å². The van der Waals surface area contributed by atoms with Crippen LogP contribution < -0.4 is 10.6 Å². The lowest BCUT2D eigenvalue weighted by atomic mass is 10.4. The summed E-state index contributed by atoms with van der Waals surface area (Å²) >= 11 is 0. The van der Waals surface area contributed by atoms with Crippen molar-refractivity contribution in [3.05, 3.63) is 12.2 Å². The first-order valence-electron chi connectivity index (χ1n) is 5.69. The molecule has 0 bridgehead atoms. The first-order chi connectivity index (χ1) is 8.49. The first-order valence-corrected chi connectivity index (χ1v) is 5.69. The molecule has 0 radical (unpaired) electrons. The molecule has 0 heterocycles. The Balaban J connectivity index is 2.12. The Morgan fingerprint density at radius 3 is 2.56 bits per heavy atom. The van der Waals surface area contributed by atoms with Crippen LogP contribution in [0.1, 0.15) is 12.8 Å². The standard InChI is InChI=1S/C11H17N3O4/c1-14(8-2-3-8)7-6-12-11(18)13-9(15)4-5-10(16)17/h4-5,8H,2-3,6-7H2,1H3,(H,16,17)(H2,12,13,15,18). The van der Waals surface area contributed by atoms with Crippen LogP contribution in [-0.2, 0) is 9.59 Å². The van der Waals surface area contributed by atoms with Crippen molar-refractivity contribution < 1.29 is 19.5 Å². The highest BCUT2D eigenvalue weighted by molar-refractivity contribution is 6.02. The summed E-state index contributed by atoms with van der Waals surface area (Å²) in [6, 6.07) is -0.00534. The maximum absolute atomic E-state index is 11.2. The van der Waals surface area contributed by atoms with E-state index in [0.29, 0.717) is 18.7 Å². The Labute approximate surface area is 105 Å². The minimum absolute atomic E-state index is 0.439. The van der Waals surface area contributed by atoms with Gasteiger partial charge in [0.15, 0.2) is 0 Å². The van der Waals surface area contributed by atoms with E-state index in [1.807, 2.05) is 12.4 Å². The predicted octanol–water partition coefficient (Wildman–Crippen LogP) is -0.453. The number of aliphatic carboxylic acids is 1. The van der Waals surface area contributed by atoms with Crippen molar-refractivity contribution in [3.63, 3.8) is 0 Å². The van der Waals surface area contributed by atoms with Gasteiger partial charge in [0.2, 0.25) is 0 Å². The fourth-order valence-corrected chi connectivity index (χ4v) is 1.39. The lowest BCUT2D eigenvalue weighted by Gasteiger charge is -2.15. The molecule has 0 atom stereocenters. The second kappa shape index (κ2) is 6.75. The van der Waals surface area contributed by atoms with E-state index in [1.165, 1.54) is 12.8 Å². The summed E-state index contributed by atoms with van der Waals surface area (Å²) < 4.78 is 0. The molecule has 1 aliphatic rings. The zero-order valence-electron chi connectivity index (χ0n) is 10.2. The summed E-state index contributed by atoms with van der Waals surface area (Å²) in [5.74, 6) is -2.00. The van der Waals surface area contributed by atoms with Crippen LogP contribution in [0.4, 0.5) is 4.79 Å². The number of carboxylic acid groups (broad SMARTS) is 1. The number of likely N-dealkylation sites (N-methyl/N-ethyl adjacent to an activating group) is 1. The summed E-state index contributed by atoms with van der Waals surface area (Å²) in [4.78, 5) is 34.5. The van der Waals surface area contributed by atoms with E-state index in [4.69, 9.17) is 5.11 Å². The Kier molecular flexibility index (Phi) is 5.31. The number of imide groups is 1. The number of hydrogen-bond acceptors (Lipinski definition) is 4. The van der Waals surface area contributed by atoms with Crippen molar-refractivity contribution in [2.45, 2.75) is 18.9 Å². The Morgan fingerprint density at radius 2 is 2.00 bits per heavy atom. The number of rotatable bonds is 6. The molecule has 1 rings (SSSR count). The minimum Gasteiger partial charge on any atom is -0.478 e. The third kappa shape index (κ3) is 6.00. The van der Waals surface area contributed by atoms with Gasteiger partial charge in [0.05, 0.1) is 0 Å². The molecule has 3 amide bonds. The van der Waals surface area contributed by atoms with E-state index in [0.717, 1.165) is 12.6 Å². The van der Waals surface area contributed by atoms with Gasteiger partial charge < -0.3 is 15.3 Å². The fourth-order valence-electron chi connectivity index (χ4n) is 1.39. The number of hydrogen-bond donors (Lipinski definition) is 3. The number of amides is 3. The lowest BCUT2D eigenvalue weighted by molar-refractivity contribution is -0.131. The average molecular weight is 255 g/mol. The number of nitrogens with one attached hydrogen (secondary N) is 2. The van der Waals surface area contributed by atoms with E-state index in [1.54, 1.807) is 0 Å². The van der Waals surface area contributed by atoms with Crippen LogP contribution in [0.3, 0.4) is 0 Å². The van der Waals surface area contributed by atoms with E-state index in [2.05, 4.69) is 10.2 Å². The van der Waals surface area contributed by atoms with Crippen LogP contribution in [0.2, 0.25) is 0 Å². The zero-order chi connectivity index (χ0) is 13.5. The predicted molar refractivity (Wildman–Crippen MR) is 64.0 cm³/mol. The molecule has 1 aliphatic carbocycles. The molecule has 100 valence electrons. The van der Waals surface area contributed by atoms with Gasteiger partial charge in [0.25, 0.3) is 5.91 Å². The summed E-state index contributed by atoms with van der Waals surface area (Å²) in [6.07, 6.45) is 3.85. The monoisotopic (exact) mass is 255 g/mol. The van der Waals surface area contributed by atoms with Gasteiger partial charge in [-0.25, -0.2) is 9.59 Å². The summed E-state index contributed by atoms with van der Waals surface area (Å²) in [5.41, 5.74) is 0. The van der Waals surface area contributed by atoms with Crippen LogP contribution in [-0.4, -0.2) is 54.1 Å². The third-order valence-electron chi connectivity index (χ3n) is 2.53. The van der Waals surface area contributed by atoms with Crippen LogP contribution in [0.25, 0.3) is 0 Å². The normalized spacial score (nSPS) is 14.8. The van der Waals surface area contributed by atoms with Crippen LogP contribution in [0.5, 0.6) is 0 Å². The minimum atomic E-state index is -1.24. The molecule has 3 N–H and O–H groups in total. The fraction of sp³-hybridized carbons (Fsp3) is 0.545. The zero-order valence-corrected chi connectivity index (χ0v) is 10.2. The molecular formula is C11H17N3O4. The van der Waals surface area contributed by atoms with Gasteiger partial charge in [-0.15, -0.1) is 0 Å². The molecule has 18 heavy (non-hydrogen) atoms. The average Bonchev–Trinajstić information content (AvgIpc) is 3.09. The largest absolute Gasteiger partial charge is 0.478 e. The third-order valence-corrected chi connectivity index (χ3v) is 2.53. The van der Waals surface area contributed by atoms with E-state index in [-0.39, 0.29) is 0 Å². The van der Waals surface area contributed by atoms with Crippen LogP contribution >= 0.6 is 0 Å². The molecule has 0 saturated heterocycles. The number of nitrogens with zero attached hydrogens (tertiary/aromatic N) is 1. The maximum atomic E-state index is 11.2. The van der Waals surface area contributed by atoms with Gasteiger partial charge in [-0.05, 0) is 19.9 Å². The molecule has 1 saturated carbocycles. The van der Waals surface area contributed by atoms with Crippen molar-refractivity contribution in [1.29, 1.82) is 0 Å². The smallest absolute Gasteiger partial charge is 0.328 e. The second-order valence-corrected chi connectivity index (χ2v) is 4.13. The van der Waals surface area contributed by atoms with Gasteiger partial charge in [0, 0.05) is 31.3 Å². The van der Waals surface area contributed by atoms with Crippen molar-refractivity contribution in [1.82, 2.24) is 15.5 Å². The molecular weight excluding hydrogens is 238 g/mol. The first kappa shape index (κ1) is 14.2. The quantitative estimate of drug-likeness (QED) is 0.558. The van der Waals surface area contributed by atoms with Crippen molar-refractivity contribution in [3.8, 4) is 0 Å². The van der Waals surface area contributed by atoms with Crippen molar-refractivity contribution >= 4 is 17.9 Å². The molecule has 7 heteroatoms. The molecule has 0 unspecified atom stereocenters. The second-order valence-electron chi connectivity index (χ2n) is 4.13. The molecule has 0 aromatic heterocycles. The molecule has 0 aliphatic heterocycles. The molecule has 0 aromatic carbocycles. The molecule has 0 spiro atoms. The van der Waals surface area contributed by atoms with Crippen molar-refractivity contribution in [2.75, 3.05) is 20.1 Å². The topological polar surface area (TPSA) is 98.7 Å². The van der Waals surface area contributed by atoms with Gasteiger partial charge >= 0.3 is 12.0 Å². The van der Waals surface area contributed by atoms with Gasteiger partial charge in [0.1, 0.15) is 0 Å². The Morgan fingerprint density at radius 1 is 1.33 bits per heavy atom. The molecule has 1 fully saturated rings. The molecule has 0 aromatic rings.